The number of halogens is 2. The molecule has 0 aliphatic rings. The minimum Gasteiger partial charge on any atom is -0.370 e. The molecule has 3 rings (SSSR count). The summed E-state index contributed by atoms with van der Waals surface area (Å²) in [4.78, 5) is 19.5. The molecule has 0 aliphatic heterocycles. The summed E-state index contributed by atoms with van der Waals surface area (Å²) in [5.41, 5.74) is 8.03. The molecule has 0 saturated heterocycles. The molecule has 0 aliphatic carbocycles. The van der Waals surface area contributed by atoms with Crippen molar-refractivity contribution in [3.63, 3.8) is 0 Å². The van der Waals surface area contributed by atoms with Crippen molar-refractivity contribution in [2.45, 2.75) is 6.54 Å². The van der Waals surface area contributed by atoms with E-state index in [0.717, 1.165) is 16.5 Å². The van der Waals surface area contributed by atoms with Gasteiger partial charge in [-0.1, -0.05) is 47.5 Å². The number of nitrogens with two attached hydrogens (primary N) is 1. The zero-order chi connectivity index (χ0) is 17.1. The van der Waals surface area contributed by atoms with Crippen LogP contribution >= 0.6 is 23.2 Å². The number of guanidine groups is 1. The lowest BCUT2D eigenvalue weighted by atomic mass is 10.1. The second-order valence-corrected chi connectivity index (χ2v) is 5.97. The van der Waals surface area contributed by atoms with Crippen molar-refractivity contribution in [1.82, 2.24) is 10.3 Å². The van der Waals surface area contributed by atoms with Gasteiger partial charge in [-0.2, -0.15) is 0 Å². The van der Waals surface area contributed by atoms with Gasteiger partial charge in [0.25, 0.3) is 5.91 Å². The molecule has 0 bridgehead atoms. The molecular formula is C17H14Cl2N4O. The van der Waals surface area contributed by atoms with Gasteiger partial charge in [0.05, 0.1) is 22.2 Å². The van der Waals surface area contributed by atoms with Gasteiger partial charge in [-0.05, 0) is 23.8 Å². The van der Waals surface area contributed by atoms with Gasteiger partial charge >= 0.3 is 0 Å². The highest BCUT2D eigenvalue weighted by atomic mass is 35.5. The molecule has 0 atom stereocenters. The van der Waals surface area contributed by atoms with Crippen molar-refractivity contribution in [1.29, 1.82) is 0 Å². The molecule has 0 unspecified atom stereocenters. The topological polar surface area (TPSA) is 83.3 Å². The maximum absolute atomic E-state index is 12.3. The number of hydrogen-bond acceptors (Lipinski definition) is 2. The molecule has 5 nitrogen and oxygen atoms in total. The fraction of sp³-hybridized carbons (Fsp3) is 0.0588. The van der Waals surface area contributed by atoms with Gasteiger partial charge in [-0.25, -0.2) is 4.99 Å². The molecular weight excluding hydrogens is 347 g/mol. The van der Waals surface area contributed by atoms with Crippen LogP contribution in [0.25, 0.3) is 10.9 Å². The van der Waals surface area contributed by atoms with E-state index < -0.39 is 0 Å². The first-order valence-corrected chi connectivity index (χ1v) is 7.91. The average Bonchev–Trinajstić information content (AvgIpc) is 3.00. The number of fused-ring (bicyclic) bond motifs is 1. The minimum absolute atomic E-state index is 0.0383. The van der Waals surface area contributed by atoms with Crippen molar-refractivity contribution in [3.05, 3.63) is 69.8 Å². The molecule has 0 fully saturated rings. The highest BCUT2D eigenvalue weighted by molar-refractivity contribution is 6.42. The quantitative estimate of drug-likeness (QED) is 0.491. The zero-order valence-electron chi connectivity index (χ0n) is 12.5. The van der Waals surface area contributed by atoms with Crippen LogP contribution in [0.15, 0.2) is 53.7 Å². The summed E-state index contributed by atoms with van der Waals surface area (Å²) in [5, 5.41) is 4.33. The molecule has 0 saturated carbocycles. The van der Waals surface area contributed by atoms with E-state index in [2.05, 4.69) is 15.3 Å². The van der Waals surface area contributed by atoms with Gasteiger partial charge < -0.3 is 10.7 Å². The van der Waals surface area contributed by atoms with Gasteiger partial charge in [0, 0.05) is 17.1 Å². The highest BCUT2D eigenvalue weighted by Crippen LogP contribution is 2.22. The zero-order valence-corrected chi connectivity index (χ0v) is 14.0. The molecule has 2 aromatic carbocycles. The molecule has 4 N–H and O–H groups in total. The van der Waals surface area contributed by atoms with Crippen LogP contribution < -0.4 is 11.1 Å². The van der Waals surface area contributed by atoms with E-state index in [1.807, 2.05) is 24.3 Å². The summed E-state index contributed by atoms with van der Waals surface area (Å²) >= 11 is 11.8. The smallest absolute Gasteiger partial charge is 0.260 e. The molecule has 1 amide bonds. The van der Waals surface area contributed by atoms with Crippen LogP contribution in [-0.2, 0) is 6.54 Å². The van der Waals surface area contributed by atoms with Gasteiger partial charge in [-0.3, -0.25) is 10.1 Å². The van der Waals surface area contributed by atoms with Gasteiger partial charge in [0.15, 0.2) is 5.96 Å². The Bertz CT molecular complexity index is 933. The van der Waals surface area contributed by atoms with Crippen molar-refractivity contribution in [3.8, 4) is 0 Å². The highest BCUT2D eigenvalue weighted by Gasteiger charge is 2.12. The molecule has 1 heterocycles. The first-order valence-electron chi connectivity index (χ1n) is 7.16. The van der Waals surface area contributed by atoms with E-state index in [0.29, 0.717) is 15.6 Å². The fourth-order valence-corrected chi connectivity index (χ4v) is 2.62. The largest absolute Gasteiger partial charge is 0.370 e. The lowest BCUT2D eigenvalue weighted by Gasteiger charge is -2.04. The van der Waals surface area contributed by atoms with E-state index in [-0.39, 0.29) is 18.4 Å². The Morgan fingerprint density at radius 3 is 2.75 bits per heavy atom. The van der Waals surface area contributed by atoms with Crippen LogP contribution in [0.5, 0.6) is 0 Å². The van der Waals surface area contributed by atoms with E-state index in [1.54, 1.807) is 24.4 Å². The summed E-state index contributed by atoms with van der Waals surface area (Å²) in [6.45, 7) is 0.289. The third kappa shape index (κ3) is 3.53. The maximum atomic E-state index is 12.3. The Hall–Kier alpha value is -2.50. The lowest BCUT2D eigenvalue weighted by Crippen LogP contribution is -2.36. The second-order valence-electron chi connectivity index (χ2n) is 5.15. The summed E-state index contributed by atoms with van der Waals surface area (Å²) < 4.78 is 0. The number of benzene rings is 2. The Morgan fingerprint density at radius 1 is 1.17 bits per heavy atom. The number of amides is 1. The molecule has 0 spiro atoms. The number of carbonyl (C=O) groups is 1. The third-order valence-corrected chi connectivity index (χ3v) is 4.23. The number of nitrogens with one attached hydrogen (secondary N) is 2. The average molecular weight is 361 g/mol. The summed E-state index contributed by atoms with van der Waals surface area (Å²) in [6, 6.07) is 12.7. The number of carbonyl (C=O) groups excluding carboxylic acids is 1. The molecule has 24 heavy (non-hydrogen) atoms. The van der Waals surface area contributed by atoms with Crippen molar-refractivity contribution < 1.29 is 4.79 Å². The predicted octanol–water partition coefficient (Wildman–Crippen LogP) is 3.72. The van der Waals surface area contributed by atoms with E-state index in [1.165, 1.54) is 0 Å². The third-order valence-electron chi connectivity index (χ3n) is 3.49. The van der Waals surface area contributed by atoms with Crippen LogP contribution in [0.4, 0.5) is 0 Å². The second kappa shape index (κ2) is 6.95. The van der Waals surface area contributed by atoms with Crippen LogP contribution in [0.3, 0.4) is 0 Å². The molecule has 7 heteroatoms. The van der Waals surface area contributed by atoms with Gasteiger partial charge in [-0.15, -0.1) is 0 Å². The standard InChI is InChI=1S/C17H14Cl2N4O/c18-13-6-5-10(7-14(13)19)8-22-17(20)23-16(24)12-9-21-15-4-2-1-3-11(12)15/h1-7,9,21H,8H2,(H3,20,22,23,24). The van der Waals surface area contributed by atoms with Gasteiger partial charge in [0.1, 0.15) is 0 Å². The maximum Gasteiger partial charge on any atom is 0.260 e. The minimum atomic E-state index is -0.317. The summed E-state index contributed by atoms with van der Waals surface area (Å²) in [6.07, 6.45) is 1.65. The number of aliphatic imine (C=N–C) groups is 1. The monoisotopic (exact) mass is 360 g/mol. The fourth-order valence-electron chi connectivity index (χ4n) is 2.30. The normalized spacial score (nSPS) is 11.7. The van der Waals surface area contributed by atoms with Crippen molar-refractivity contribution >= 4 is 46.0 Å². The number of nitrogens with zero attached hydrogens (tertiary/aromatic N) is 1. The van der Waals surface area contributed by atoms with Crippen LogP contribution in [0, 0.1) is 0 Å². The Balaban J connectivity index is 1.70. The summed E-state index contributed by atoms with van der Waals surface area (Å²) in [5.74, 6) is -0.279. The van der Waals surface area contributed by atoms with Crippen LogP contribution in [0.1, 0.15) is 15.9 Å². The SMILES string of the molecule is NC(=NCc1ccc(Cl)c(Cl)c1)NC(=O)c1c[nH]c2ccccc12. The Labute approximate surface area is 148 Å². The van der Waals surface area contributed by atoms with E-state index in [4.69, 9.17) is 28.9 Å². The van der Waals surface area contributed by atoms with Crippen molar-refractivity contribution in [2.24, 2.45) is 10.7 Å². The number of aromatic nitrogens is 1. The predicted molar refractivity (Wildman–Crippen MR) is 97.6 cm³/mol. The number of hydrogen-bond donors (Lipinski definition) is 3. The Kier molecular flexibility index (Phi) is 4.74. The number of para-hydroxylation sites is 1. The molecule has 3 aromatic rings. The molecule has 122 valence electrons. The van der Waals surface area contributed by atoms with Crippen LogP contribution in [0.2, 0.25) is 10.0 Å². The molecule has 0 radical (unpaired) electrons. The van der Waals surface area contributed by atoms with E-state index >= 15 is 0 Å². The first-order chi connectivity index (χ1) is 11.5. The number of aromatic amines is 1. The lowest BCUT2D eigenvalue weighted by molar-refractivity contribution is 0.0978. The number of rotatable bonds is 3. The van der Waals surface area contributed by atoms with Crippen LogP contribution in [-0.4, -0.2) is 16.9 Å². The summed E-state index contributed by atoms with van der Waals surface area (Å²) in [7, 11) is 0. The van der Waals surface area contributed by atoms with Gasteiger partial charge in [0.2, 0.25) is 0 Å². The Morgan fingerprint density at radius 2 is 1.96 bits per heavy atom. The number of H-pyrrole nitrogens is 1. The molecule has 1 aromatic heterocycles. The van der Waals surface area contributed by atoms with E-state index in [9.17, 15) is 4.79 Å². The first kappa shape index (κ1) is 16.4. The van der Waals surface area contributed by atoms with Crippen molar-refractivity contribution in [2.75, 3.05) is 0 Å².